The Morgan fingerprint density at radius 2 is 2.09 bits per heavy atom. The third-order valence-corrected chi connectivity index (χ3v) is 5.77. The molecule has 2 heterocycles. The van der Waals surface area contributed by atoms with E-state index in [4.69, 9.17) is 4.74 Å². The van der Waals surface area contributed by atoms with Crippen molar-refractivity contribution < 1.29 is 9.13 Å². The Hall–Kier alpha value is -0.670. The molecule has 0 aromatic heterocycles. The molecule has 2 rings (SSSR count). The quantitative estimate of drug-likeness (QED) is 0.604. The van der Waals surface area contributed by atoms with Gasteiger partial charge in [-0.2, -0.15) is 0 Å². The van der Waals surface area contributed by atoms with Crippen molar-refractivity contribution in [3.05, 3.63) is 24.6 Å². The van der Waals surface area contributed by atoms with Crippen LogP contribution in [0.5, 0.6) is 0 Å². The minimum absolute atomic E-state index is 0.0736. The minimum Gasteiger partial charge on any atom is -0.376 e. The van der Waals surface area contributed by atoms with Crippen LogP contribution >= 0.6 is 0 Å². The van der Waals surface area contributed by atoms with E-state index in [1.54, 1.807) is 6.08 Å². The zero-order valence-electron chi connectivity index (χ0n) is 15.2. The van der Waals surface area contributed by atoms with Crippen LogP contribution in [0.1, 0.15) is 59.3 Å². The maximum Gasteiger partial charge on any atom is 0.0933 e. The summed E-state index contributed by atoms with van der Waals surface area (Å²) >= 11 is 0. The first-order valence-electron chi connectivity index (χ1n) is 9.33. The van der Waals surface area contributed by atoms with Crippen molar-refractivity contribution in [2.24, 2.45) is 11.3 Å². The van der Waals surface area contributed by atoms with Gasteiger partial charge >= 0.3 is 0 Å². The maximum atomic E-state index is 13.7. The van der Waals surface area contributed by atoms with Gasteiger partial charge in [0, 0.05) is 12.0 Å². The largest absolute Gasteiger partial charge is 0.376 e. The number of rotatable bonds is 7. The van der Waals surface area contributed by atoms with Gasteiger partial charge in [0.2, 0.25) is 0 Å². The van der Waals surface area contributed by atoms with Crippen LogP contribution in [0.15, 0.2) is 24.6 Å². The van der Waals surface area contributed by atoms with Crippen LogP contribution in [0.25, 0.3) is 0 Å². The Kier molecular flexibility index (Phi) is 6.84. The molecule has 23 heavy (non-hydrogen) atoms. The van der Waals surface area contributed by atoms with Gasteiger partial charge in [-0.1, -0.05) is 26.3 Å². The molecule has 132 valence electrons. The van der Waals surface area contributed by atoms with Crippen molar-refractivity contribution in [2.45, 2.75) is 71.4 Å². The predicted molar refractivity (Wildman–Crippen MR) is 95.1 cm³/mol. The van der Waals surface area contributed by atoms with Crippen LogP contribution in [0.3, 0.4) is 0 Å². The Morgan fingerprint density at radius 3 is 2.57 bits per heavy atom. The van der Waals surface area contributed by atoms with E-state index >= 15 is 0 Å². The van der Waals surface area contributed by atoms with E-state index < -0.39 is 0 Å². The molecule has 0 aromatic rings. The second kappa shape index (κ2) is 8.43. The molecule has 0 bridgehead atoms. The number of hydrogen-bond acceptors (Lipinski definition) is 2. The molecule has 0 aromatic carbocycles. The van der Waals surface area contributed by atoms with Crippen LogP contribution in [0.4, 0.5) is 4.39 Å². The lowest BCUT2D eigenvalue weighted by atomic mass is 9.69. The fourth-order valence-electron chi connectivity index (χ4n) is 4.35. The number of halogens is 1. The van der Waals surface area contributed by atoms with Crippen LogP contribution in [0, 0.1) is 11.3 Å². The Bertz CT molecular complexity index is 404. The second-order valence-corrected chi connectivity index (χ2v) is 7.59. The molecule has 0 amide bonds. The molecule has 2 aliphatic heterocycles. The van der Waals surface area contributed by atoms with Crippen LogP contribution in [-0.2, 0) is 4.74 Å². The first-order valence-corrected chi connectivity index (χ1v) is 9.33. The summed E-state index contributed by atoms with van der Waals surface area (Å²) in [6, 6.07) is 0.561. The summed E-state index contributed by atoms with van der Waals surface area (Å²) in [4.78, 5) is 2.57. The predicted octanol–water partition coefficient (Wildman–Crippen LogP) is 5.11. The van der Waals surface area contributed by atoms with E-state index in [0.717, 1.165) is 25.9 Å². The van der Waals surface area contributed by atoms with Crippen LogP contribution in [-0.4, -0.2) is 36.7 Å². The normalized spacial score (nSPS) is 30.9. The molecule has 0 N–H and O–H groups in total. The zero-order chi connectivity index (χ0) is 16.9. The smallest absolute Gasteiger partial charge is 0.0933 e. The standard InChI is InChI=1S/C20H34FNO/c1-5-11-20(4,6-2)18(14-16(3)21)19-10-9-17(15-23-19)22-12-7-8-13-22/h6,14,17-19H,2,5,7-13,15H2,1,3-4H3/b16-14+/t17-,18?,19-,20?/m0/s1. The van der Waals surface area contributed by atoms with Crippen LogP contribution < -0.4 is 0 Å². The lowest BCUT2D eigenvalue weighted by Crippen LogP contribution is -2.45. The first kappa shape index (κ1) is 18.7. The molecule has 0 saturated carbocycles. The highest BCUT2D eigenvalue weighted by molar-refractivity contribution is 5.09. The number of ether oxygens (including phenoxy) is 1. The van der Waals surface area contributed by atoms with Gasteiger partial charge in [0.15, 0.2) is 0 Å². The molecule has 2 nitrogen and oxygen atoms in total. The summed E-state index contributed by atoms with van der Waals surface area (Å²) in [7, 11) is 0. The van der Waals surface area contributed by atoms with Crippen molar-refractivity contribution >= 4 is 0 Å². The summed E-state index contributed by atoms with van der Waals surface area (Å²) in [6.45, 7) is 13.2. The molecule has 2 aliphatic rings. The monoisotopic (exact) mass is 323 g/mol. The van der Waals surface area contributed by atoms with Gasteiger partial charge < -0.3 is 4.74 Å². The fourth-order valence-corrected chi connectivity index (χ4v) is 4.35. The van der Waals surface area contributed by atoms with Gasteiger partial charge in [-0.3, -0.25) is 4.90 Å². The van der Waals surface area contributed by atoms with Crippen LogP contribution in [0.2, 0.25) is 0 Å². The van der Waals surface area contributed by atoms with Gasteiger partial charge in [0.1, 0.15) is 0 Å². The van der Waals surface area contributed by atoms with Gasteiger partial charge in [-0.25, -0.2) is 4.39 Å². The van der Waals surface area contributed by atoms with Gasteiger partial charge in [-0.15, -0.1) is 6.58 Å². The van der Waals surface area contributed by atoms with Crippen molar-refractivity contribution in [1.29, 1.82) is 0 Å². The molecule has 0 aliphatic carbocycles. The summed E-state index contributed by atoms with van der Waals surface area (Å²) in [5.41, 5.74) is -0.104. The number of hydrogen-bond donors (Lipinski definition) is 0. The lowest BCUT2D eigenvalue weighted by Gasteiger charge is -2.43. The Labute approximate surface area is 141 Å². The highest BCUT2D eigenvalue weighted by Crippen LogP contribution is 2.41. The van der Waals surface area contributed by atoms with Gasteiger partial charge in [-0.05, 0) is 63.6 Å². The topological polar surface area (TPSA) is 12.5 Å². The van der Waals surface area contributed by atoms with E-state index in [1.165, 1.54) is 39.3 Å². The summed E-state index contributed by atoms with van der Waals surface area (Å²) in [6.07, 6.45) is 10.8. The summed E-state index contributed by atoms with van der Waals surface area (Å²) < 4.78 is 20.0. The van der Waals surface area contributed by atoms with E-state index in [0.29, 0.717) is 6.04 Å². The van der Waals surface area contributed by atoms with E-state index in [9.17, 15) is 4.39 Å². The number of likely N-dealkylation sites (tertiary alicyclic amines) is 1. The highest BCUT2D eigenvalue weighted by Gasteiger charge is 2.39. The second-order valence-electron chi connectivity index (χ2n) is 7.59. The average molecular weight is 323 g/mol. The van der Waals surface area contributed by atoms with Crippen molar-refractivity contribution in [1.82, 2.24) is 4.90 Å². The Balaban J connectivity index is 2.05. The van der Waals surface area contributed by atoms with Gasteiger partial charge in [0.05, 0.1) is 18.5 Å². The molecule has 0 spiro atoms. The van der Waals surface area contributed by atoms with Crippen molar-refractivity contribution in [2.75, 3.05) is 19.7 Å². The summed E-state index contributed by atoms with van der Waals surface area (Å²) in [5.74, 6) is -0.0334. The first-order chi connectivity index (χ1) is 11.0. The molecule has 4 atom stereocenters. The molecule has 2 unspecified atom stereocenters. The molecule has 2 saturated heterocycles. The molecule has 3 heteroatoms. The third kappa shape index (κ3) is 4.67. The number of allylic oxidation sites excluding steroid dienone is 2. The van der Waals surface area contributed by atoms with E-state index in [2.05, 4.69) is 25.3 Å². The molecule has 2 fully saturated rings. The van der Waals surface area contributed by atoms with E-state index in [1.807, 2.05) is 6.08 Å². The lowest BCUT2D eigenvalue weighted by molar-refractivity contribution is -0.0683. The SMILES string of the molecule is C=CC(C)(CCC)C(/C=C(\C)F)[C@@H]1CC[C@H](N2CCCC2)CO1. The number of nitrogens with zero attached hydrogens (tertiary/aromatic N) is 1. The Morgan fingerprint density at radius 1 is 1.39 bits per heavy atom. The highest BCUT2D eigenvalue weighted by atomic mass is 19.1. The van der Waals surface area contributed by atoms with Crippen molar-refractivity contribution in [3.63, 3.8) is 0 Å². The molecule has 0 radical (unpaired) electrons. The summed E-state index contributed by atoms with van der Waals surface area (Å²) in [5, 5.41) is 0. The third-order valence-electron chi connectivity index (χ3n) is 5.77. The molecular weight excluding hydrogens is 289 g/mol. The minimum atomic E-state index is -0.107. The average Bonchev–Trinajstić information content (AvgIpc) is 3.07. The fraction of sp³-hybridized carbons (Fsp3) is 0.800. The van der Waals surface area contributed by atoms with Gasteiger partial charge in [0.25, 0.3) is 0 Å². The zero-order valence-corrected chi connectivity index (χ0v) is 15.2. The molecular formula is C20H34FNO. The maximum absolute atomic E-state index is 13.7. The van der Waals surface area contributed by atoms with Crippen molar-refractivity contribution in [3.8, 4) is 0 Å². The van der Waals surface area contributed by atoms with E-state index in [-0.39, 0.29) is 23.3 Å².